The lowest BCUT2D eigenvalue weighted by molar-refractivity contribution is 0.792. The quantitative estimate of drug-likeness (QED) is 0.612. The van der Waals surface area contributed by atoms with Crippen LogP contribution in [0, 0.1) is 6.92 Å². The van der Waals surface area contributed by atoms with Crippen LogP contribution in [0.3, 0.4) is 0 Å². The van der Waals surface area contributed by atoms with Gasteiger partial charge in [0.2, 0.25) is 5.95 Å². The summed E-state index contributed by atoms with van der Waals surface area (Å²) < 4.78 is 1.02. The van der Waals surface area contributed by atoms with Gasteiger partial charge in [-0.05, 0) is 59.1 Å². The number of aryl methyl sites for hydroxylation is 1. The molecule has 128 valence electrons. The molecule has 0 radical (unpaired) electrons. The predicted molar refractivity (Wildman–Crippen MR) is 107 cm³/mol. The SMILES string of the molecule is CCN(Cc1ccccc1)c1nccc(Nc2ccc(C)cc2Br)n1. The topological polar surface area (TPSA) is 41.1 Å². The molecule has 0 saturated heterocycles. The van der Waals surface area contributed by atoms with Crippen molar-refractivity contribution in [1.82, 2.24) is 9.97 Å². The van der Waals surface area contributed by atoms with E-state index in [0.717, 1.165) is 35.0 Å². The smallest absolute Gasteiger partial charge is 0.227 e. The molecule has 0 aliphatic carbocycles. The Morgan fingerprint density at radius 3 is 2.60 bits per heavy atom. The second-order valence-corrected chi connectivity index (χ2v) is 6.70. The van der Waals surface area contributed by atoms with Gasteiger partial charge in [-0.3, -0.25) is 0 Å². The normalized spacial score (nSPS) is 10.5. The fourth-order valence-electron chi connectivity index (χ4n) is 2.56. The molecule has 0 spiro atoms. The van der Waals surface area contributed by atoms with Crippen LogP contribution in [0.15, 0.2) is 65.3 Å². The number of hydrogen-bond acceptors (Lipinski definition) is 4. The van der Waals surface area contributed by atoms with E-state index in [0.29, 0.717) is 0 Å². The maximum Gasteiger partial charge on any atom is 0.227 e. The summed E-state index contributed by atoms with van der Waals surface area (Å²) in [6.45, 7) is 5.81. The van der Waals surface area contributed by atoms with Crippen LogP contribution >= 0.6 is 15.9 Å². The predicted octanol–water partition coefficient (Wildman–Crippen LogP) is 5.32. The van der Waals surface area contributed by atoms with Crippen molar-refractivity contribution in [2.75, 3.05) is 16.8 Å². The molecule has 0 unspecified atom stereocenters. The van der Waals surface area contributed by atoms with E-state index in [9.17, 15) is 0 Å². The summed E-state index contributed by atoms with van der Waals surface area (Å²) in [4.78, 5) is 11.3. The van der Waals surface area contributed by atoms with E-state index in [1.807, 2.05) is 18.2 Å². The van der Waals surface area contributed by atoms with Gasteiger partial charge >= 0.3 is 0 Å². The van der Waals surface area contributed by atoms with Crippen molar-refractivity contribution in [3.63, 3.8) is 0 Å². The molecule has 1 N–H and O–H groups in total. The molecule has 2 aromatic carbocycles. The van der Waals surface area contributed by atoms with Gasteiger partial charge in [-0.15, -0.1) is 0 Å². The first-order valence-electron chi connectivity index (χ1n) is 8.31. The first-order valence-corrected chi connectivity index (χ1v) is 9.10. The Bertz CT molecular complexity index is 836. The Hall–Kier alpha value is -2.40. The second-order valence-electron chi connectivity index (χ2n) is 5.85. The molecule has 3 aromatic rings. The summed E-state index contributed by atoms with van der Waals surface area (Å²) in [6.07, 6.45) is 1.79. The first-order chi connectivity index (χ1) is 12.2. The van der Waals surface area contributed by atoms with Crippen molar-refractivity contribution in [2.24, 2.45) is 0 Å². The minimum Gasteiger partial charge on any atom is -0.339 e. The molecule has 1 aromatic heterocycles. The van der Waals surface area contributed by atoms with E-state index in [2.05, 4.69) is 86.4 Å². The number of halogens is 1. The second kappa shape index (κ2) is 8.12. The maximum absolute atomic E-state index is 4.68. The number of nitrogens with one attached hydrogen (secondary N) is 1. The Balaban J connectivity index is 1.80. The maximum atomic E-state index is 4.68. The van der Waals surface area contributed by atoms with Crippen molar-refractivity contribution >= 4 is 33.4 Å². The van der Waals surface area contributed by atoms with Gasteiger partial charge in [0.1, 0.15) is 5.82 Å². The van der Waals surface area contributed by atoms with Crippen molar-refractivity contribution in [3.05, 3.63) is 76.4 Å². The molecule has 4 nitrogen and oxygen atoms in total. The Kier molecular flexibility index (Phi) is 5.66. The Morgan fingerprint density at radius 1 is 1.08 bits per heavy atom. The summed E-state index contributed by atoms with van der Waals surface area (Å²) in [5.74, 6) is 1.50. The van der Waals surface area contributed by atoms with Crippen LogP contribution in [-0.2, 0) is 6.54 Å². The molecule has 0 aliphatic rings. The number of benzene rings is 2. The first kappa shape index (κ1) is 17.4. The molecule has 0 fully saturated rings. The summed E-state index contributed by atoms with van der Waals surface area (Å²) in [5.41, 5.74) is 3.44. The van der Waals surface area contributed by atoms with E-state index in [-0.39, 0.29) is 0 Å². The van der Waals surface area contributed by atoms with Gasteiger partial charge in [0.25, 0.3) is 0 Å². The van der Waals surface area contributed by atoms with E-state index < -0.39 is 0 Å². The molecule has 1 heterocycles. The Labute approximate surface area is 157 Å². The summed E-state index contributed by atoms with van der Waals surface area (Å²) in [6, 6.07) is 18.5. The molecule has 0 amide bonds. The van der Waals surface area contributed by atoms with Crippen molar-refractivity contribution in [2.45, 2.75) is 20.4 Å². The van der Waals surface area contributed by atoms with Gasteiger partial charge in [-0.25, -0.2) is 4.98 Å². The highest BCUT2D eigenvalue weighted by Gasteiger charge is 2.10. The number of rotatable bonds is 6. The molecule has 0 bridgehead atoms. The van der Waals surface area contributed by atoms with Gasteiger partial charge in [0.05, 0.1) is 5.69 Å². The monoisotopic (exact) mass is 396 g/mol. The van der Waals surface area contributed by atoms with Crippen LogP contribution in [-0.4, -0.2) is 16.5 Å². The minimum absolute atomic E-state index is 0.722. The largest absolute Gasteiger partial charge is 0.339 e. The minimum atomic E-state index is 0.722. The van der Waals surface area contributed by atoms with E-state index in [1.54, 1.807) is 6.20 Å². The fourth-order valence-corrected chi connectivity index (χ4v) is 3.15. The molecule has 0 aliphatic heterocycles. The standard InChI is InChI=1S/C20H21BrN4/c1-3-25(14-16-7-5-4-6-8-16)20-22-12-11-19(24-20)23-18-10-9-15(2)13-17(18)21/h4-13H,3,14H2,1-2H3,(H,22,23,24). The highest BCUT2D eigenvalue weighted by molar-refractivity contribution is 9.10. The van der Waals surface area contributed by atoms with Crippen LogP contribution in [0.1, 0.15) is 18.1 Å². The molecule has 3 rings (SSSR count). The molecule has 0 atom stereocenters. The average molecular weight is 397 g/mol. The van der Waals surface area contributed by atoms with Crippen molar-refractivity contribution < 1.29 is 0 Å². The molecule has 5 heteroatoms. The lowest BCUT2D eigenvalue weighted by atomic mass is 10.2. The van der Waals surface area contributed by atoms with Crippen LogP contribution in [0.2, 0.25) is 0 Å². The average Bonchev–Trinajstić information content (AvgIpc) is 2.63. The van der Waals surface area contributed by atoms with Crippen LogP contribution in [0.4, 0.5) is 17.5 Å². The van der Waals surface area contributed by atoms with Gasteiger partial charge in [0, 0.05) is 23.8 Å². The third kappa shape index (κ3) is 4.57. The zero-order valence-electron chi connectivity index (χ0n) is 14.4. The Morgan fingerprint density at radius 2 is 1.88 bits per heavy atom. The molecular formula is C20H21BrN4. The lowest BCUT2D eigenvalue weighted by Gasteiger charge is -2.21. The molecule has 25 heavy (non-hydrogen) atoms. The van der Waals surface area contributed by atoms with Crippen LogP contribution in [0.25, 0.3) is 0 Å². The zero-order chi connectivity index (χ0) is 17.6. The van der Waals surface area contributed by atoms with Gasteiger partial charge in [0.15, 0.2) is 0 Å². The lowest BCUT2D eigenvalue weighted by Crippen LogP contribution is -2.24. The highest BCUT2D eigenvalue weighted by atomic mass is 79.9. The van der Waals surface area contributed by atoms with Crippen LogP contribution < -0.4 is 10.2 Å². The number of anilines is 3. The van der Waals surface area contributed by atoms with E-state index in [4.69, 9.17) is 0 Å². The number of aromatic nitrogens is 2. The van der Waals surface area contributed by atoms with E-state index in [1.165, 1.54) is 11.1 Å². The zero-order valence-corrected chi connectivity index (χ0v) is 16.0. The fraction of sp³-hybridized carbons (Fsp3) is 0.200. The summed E-state index contributed by atoms with van der Waals surface area (Å²) in [5, 5.41) is 3.36. The third-order valence-electron chi connectivity index (χ3n) is 3.91. The molecule has 0 saturated carbocycles. The van der Waals surface area contributed by atoms with Gasteiger partial charge < -0.3 is 10.2 Å². The van der Waals surface area contributed by atoms with Crippen molar-refractivity contribution in [3.8, 4) is 0 Å². The van der Waals surface area contributed by atoms with E-state index >= 15 is 0 Å². The number of nitrogens with zero attached hydrogens (tertiary/aromatic N) is 3. The highest BCUT2D eigenvalue weighted by Crippen LogP contribution is 2.26. The summed E-state index contributed by atoms with van der Waals surface area (Å²) >= 11 is 3.59. The van der Waals surface area contributed by atoms with Gasteiger partial charge in [-0.1, -0.05) is 36.4 Å². The third-order valence-corrected chi connectivity index (χ3v) is 4.57. The number of hydrogen-bond donors (Lipinski definition) is 1. The van der Waals surface area contributed by atoms with Crippen LogP contribution in [0.5, 0.6) is 0 Å². The summed E-state index contributed by atoms with van der Waals surface area (Å²) in [7, 11) is 0. The van der Waals surface area contributed by atoms with Gasteiger partial charge in [-0.2, -0.15) is 4.98 Å². The molecular weight excluding hydrogens is 376 g/mol. The van der Waals surface area contributed by atoms with Crippen molar-refractivity contribution in [1.29, 1.82) is 0 Å².